The summed E-state index contributed by atoms with van der Waals surface area (Å²) in [6.45, 7) is 0.0752. The van der Waals surface area contributed by atoms with Gasteiger partial charge in [0.1, 0.15) is 6.61 Å². The van der Waals surface area contributed by atoms with Crippen molar-refractivity contribution in [2.45, 2.75) is 13.0 Å². The number of hydrogen-bond donors (Lipinski definition) is 0. The van der Waals surface area contributed by atoms with Crippen molar-refractivity contribution < 1.29 is 19.1 Å². The van der Waals surface area contributed by atoms with Gasteiger partial charge in [-0.1, -0.05) is 170 Å². The van der Waals surface area contributed by atoms with Crippen LogP contribution in [-0.2, 0) is 22.6 Å². The molecule has 0 unspecified atom stereocenters. The van der Waals surface area contributed by atoms with Crippen LogP contribution in [0.5, 0.6) is 0 Å². The fourth-order valence-corrected chi connectivity index (χ4v) is 5.24. The van der Waals surface area contributed by atoms with Crippen LogP contribution < -0.4 is 0 Å². The summed E-state index contributed by atoms with van der Waals surface area (Å²) in [6, 6.07) is 50.1. The fraction of sp³-hybridized carbons (Fsp3) is 0.0465. The lowest BCUT2D eigenvalue weighted by molar-refractivity contribution is -0.144. The monoisotopic (exact) mass is 612 g/mol. The lowest BCUT2D eigenvalue weighted by Gasteiger charge is -2.08. The van der Waals surface area contributed by atoms with E-state index in [0.29, 0.717) is 11.1 Å². The van der Waals surface area contributed by atoms with Crippen LogP contribution in [0.1, 0.15) is 43.0 Å². The van der Waals surface area contributed by atoms with E-state index in [-0.39, 0.29) is 19.0 Å². The third kappa shape index (κ3) is 8.13. The quantitative estimate of drug-likeness (QED) is 0.0633. The molecule has 0 radical (unpaired) electrons. The number of benzene rings is 6. The van der Waals surface area contributed by atoms with Gasteiger partial charge in [0.25, 0.3) is 0 Å². The molecular weight excluding hydrogens is 580 g/mol. The summed E-state index contributed by atoms with van der Waals surface area (Å²) in [4.78, 5) is 37.7. The van der Waals surface area contributed by atoms with Crippen molar-refractivity contribution in [1.29, 1.82) is 0 Å². The van der Waals surface area contributed by atoms with Crippen LogP contribution in [0.3, 0.4) is 0 Å². The summed E-state index contributed by atoms with van der Waals surface area (Å²) in [5.41, 5.74) is 8.95. The first-order chi connectivity index (χ1) is 23.0. The second kappa shape index (κ2) is 14.8. The third-order valence-electron chi connectivity index (χ3n) is 7.86. The zero-order chi connectivity index (χ0) is 32.4. The SMILES string of the molecule is O=C(Cc1cccc(-c2ccc(/C=C/c3ccc(-c4ccccc4)cc3)cc2)c1)OCc1ccc(C(=O)C(=O)c2ccccc2)cc1. The van der Waals surface area contributed by atoms with E-state index < -0.39 is 11.6 Å². The highest BCUT2D eigenvalue weighted by Gasteiger charge is 2.18. The van der Waals surface area contributed by atoms with Gasteiger partial charge in [0.05, 0.1) is 6.42 Å². The van der Waals surface area contributed by atoms with Gasteiger partial charge in [-0.25, -0.2) is 0 Å². The normalized spacial score (nSPS) is 10.9. The van der Waals surface area contributed by atoms with E-state index in [4.69, 9.17) is 4.74 Å². The molecule has 6 aromatic rings. The Hall–Kier alpha value is -6.13. The van der Waals surface area contributed by atoms with Gasteiger partial charge in [-0.15, -0.1) is 0 Å². The Morgan fingerprint density at radius 1 is 0.447 bits per heavy atom. The minimum atomic E-state index is -0.573. The van der Waals surface area contributed by atoms with Crippen molar-refractivity contribution in [2.75, 3.05) is 0 Å². The molecule has 0 aromatic heterocycles. The smallest absolute Gasteiger partial charge is 0.310 e. The van der Waals surface area contributed by atoms with Gasteiger partial charge in [-0.05, 0) is 44.5 Å². The Kier molecular flexibility index (Phi) is 9.70. The molecule has 0 heterocycles. The lowest BCUT2D eigenvalue weighted by atomic mass is 10.00. The molecule has 0 aliphatic carbocycles. The molecule has 0 N–H and O–H groups in total. The lowest BCUT2D eigenvalue weighted by Crippen LogP contribution is -2.14. The molecule has 0 aliphatic rings. The van der Waals surface area contributed by atoms with Gasteiger partial charge >= 0.3 is 5.97 Å². The molecule has 0 aliphatic heterocycles. The Labute approximate surface area is 274 Å². The van der Waals surface area contributed by atoms with Crippen LogP contribution in [0.4, 0.5) is 0 Å². The summed E-state index contributed by atoms with van der Waals surface area (Å²) >= 11 is 0. The van der Waals surface area contributed by atoms with Crippen LogP contribution in [-0.4, -0.2) is 17.5 Å². The van der Waals surface area contributed by atoms with E-state index in [1.807, 2.05) is 42.5 Å². The maximum absolute atomic E-state index is 12.7. The van der Waals surface area contributed by atoms with Gasteiger partial charge in [-0.3, -0.25) is 14.4 Å². The number of ether oxygens (including phenoxy) is 1. The van der Waals surface area contributed by atoms with Crippen LogP contribution >= 0.6 is 0 Å². The molecule has 47 heavy (non-hydrogen) atoms. The molecule has 4 heteroatoms. The third-order valence-corrected chi connectivity index (χ3v) is 7.86. The zero-order valence-corrected chi connectivity index (χ0v) is 25.7. The molecule has 0 spiro atoms. The molecule has 0 saturated heterocycles. The number of carbonyl (C=O) groups excluding carboxylic acids is 3. The standard InChI is InChI=1S/C43H32O4/c44-41(47-30-33-20-26-39(27-21-33)43(46)42(45)38-11-5-2-6-12-38)29-34-8-7-13-40(28-34)37-24-18-32(19-25-37)15-14-31-16-22-36(23-17-31)35-9-3-1-4-10-35/h1-28H,29-30H2/b15-14+. The molecule has 4 nitrogen and oxygen atoms in total. The second-order valence-electron chi connectivity index (χ2n) is 11.2. The molecule has 0 amide bonds. The van der Waals surface area contributed by atoms with Crippen molar-refractivity contribution in [3.05, 3.63) is 191 Å². The van der Waals surface area contributed by atoms with E-state index >= 15 is 0 Å². The van der Waals surface area contributed by atoms with Crippen LogP contribution in [0.2, 0.25) is 0 Å². The van der Waals surface area contributed by atoms with Gasteiger partial charge in [-0.2, -0.15) is 0 Å². The Morgan fingerprint density at radius 2 is 0.936 bits per heavy atom. The summed E-state index contributed by atoms with van der Waals surface area (Å²) in [6.07, 6.45) is 4.35. The molecule has 0 fully saturated rings. The van der Waals surface area contributed by atoms with Crippen LogP contribution in [0.15, 0.2) is 158 Å². The molecule has 0 bridgehead atoms. The van der Waals surface area contributed by atoms with Crippen molar-refractivity contribution >= 4 is 29.7 Å². The van der Waals surface area contributed by atoms with Gasteiger partial charge in [0.2, 0.25) is 11.6 Å². The maximum atomic E-state index is 12.7. The van der Waals surface area contributed by atoms with E-state index in [0.717, 1.165) is 33.4 Å². The van der Waals surface area contributed by atoms with Crippen molar-refractivity contribution in [2.24, 2.45) is 0 Å². The zero-order valence-electron chi connectivity index (χ0n) is 25.7. The van der Waals surface area contributed by atoms with Crippen molar-refractivity contribution in [1.82, 2.24) is 0 Å². The number of carbonyl (C=O) groups is 3. The minimum Gasteiger partial charge on any atom is -0.461 e. The topological polar surface area (TPSA) is 60.4 Å². The number of rotatable bonds is 11. The van der Waals surface area contributed by atoms with Crippen molar-refractivity contribution in [3.8, 4) is 22.3 Å². The highest BCUT2D eigenvalue weighted by molar-refractivity contribution is 6.49. The van der Waals surface area contributed by atoms with E-state index in [1.54, 1.807) is 54.6 Å². The first-order valence-corrected chi connectivity index (χ1v) is 15.4. The summed E-state index contributed by atoms with van der Waals surface area (Å²) < 4.78 is 5.50. The number of hydrogen-bond acceptors (Lipinski definition) is 4. The summed E-state index contributed by atoms with van der Waals surface area (Å²) in [5.74, 6) is -1.48. The van der Waals surface area contributed by atoms with E-state index in [9.17, 15) is 14.4 Å². The molecule has 6 rings (SSSR count). The van der Waals surface area contributed by atoms with Gasteiger partial charge in [0, 0.05) is 11.1 Å². The van der Waals surface area contributed by atoms with Crippen LogP contribution in [0.25, 0.3) is 34.4 Å². The minimum absolute atomic E-state index is 0.0752. The maximum Gasteiger partial charge on any atom is 0.310 e. The summed E-state index contributed by atoms with van der Waals surface area (Å²) in [7, 11) is 0. The first-order valence-electron chi connectivity index (χ1n) is 15.4. The fourth-order valence-electron chi connectivity index (χ4n) is 5.24. The average molecular weight is 613 g/mol. The predicted octanol–water partition coefficient (Wildman–Crippen LogP) is 9.54. The average Bonchev–Trinajstić information content (AvgIpc) is 3.14. The highest BCUT2D eigenvalue weighted by Crippen LogP contribution is 2.23. The number of Topliss-reactive ketones (excluding diaryl/α,β-unsaturated/α-hetero) is 2. The Balaban J connectivity index is 1.01. The predicted molar refractivity (Wildman–Crippen MR) is 188 cm³/mol. The van der Waals surface area contributed by atoms with Crippen molar-refractivity contribution in [3.63, 3.8) is 0 Å². The van der Waals surface area contributed by atoms with E-state index in [2.05, 4.69) is 72.8 Å². The Morgan fingerprint density at radius 3 is 1.53 bits per heavy atom. The van der Waals surface area contributed by atoms with Gasteiger partial charge < -0.3 is 4.74 Å². The molecular formula is C43H32O4. The second-order valence-corrected chi connectivity index (χ2v) is 11.2. The Bertz CT molecular complexity index is 2010. The molecule has 6 aromatic carbocycles. The largest absolute Gasteiger partial charge is 0.461 e. The number of esters is 1. The summed E-state index contributed by atoms with van der Waals surface area (Å²) in [5, 5.41) is 0. The first kappa shape index (κ1) is 30.9. The van der Waals surface area contributed by atoms with Crippen LogP contribution in [0, 0.1) is 0 Å². The number of ketones is 2. The highest BCUT2D eigenvalue weighted by atomic mass is 16.5. The molecule has 228 valence electrons. The van der Waals surface area contributed by atoms with Gasteiger partial charge in [0.15, 0.2) is 0 Å². The molecule has 0 saturated carbocycles. The van der Waals surface area contributed by atoms with E-state index in [1.165, 1.54) is 11.1 Å². The molecule has 0 atom stereocenters.